The smallest absolute Gasteiger partial charge is 0.323 e. The minimum atomic E-state index is -0.436. The van der Waals surface area contributed by atoms with Gasteiger partial charge in [-0.25, -0.2) is 9.78 Å². The number of aryl methyl sites for hydroxylation is 1. The number of urea groups is 1. The molecule has 0 radical (unpaired) electrons. The van der Waals surface area contributed by atoms with Crippen molar-refractivity contribution in [3.63, 3.8) is 0 Å². The number of fused-ring (bicyclic) bond motifs is 2. The zero-order chi connectivity index (χ0) is 36.3. The molecule has 264 valence electrons. The number of amides is 4. The van der Waals surface area contributed by atoms with Crippen molar-refractivity contribution in [1.82, 2.24) is 14.9 Å². The normalized spacial score (nSPS) is 13.4. The summed E-state index contributed by atoms with van der Waals surface area (Å²) in [6.45, 7) is 8.24. The second-order valence-corrected chi connectivity index (χ2v) is 12.2. The highest BCUT2D eigenvalue weighted by Gasteiger charge is 2.31. The van der Waals surface area contributed by atoms with Crippen molar-refractivity contribution in [2.45, 2.75) is 46.0 Å². The number of nitrogens with one attached hydrogen (secondary N) is 3. The Morgan fingerprint density at radius 1 is 0.843 bits per heavy atom. The predicted octanol–water partition coefficient (Wildman–Crippen LogP) is 9.93. The first-order valence-corrected chi connectivity index (χ1v) is 17.8. The number of hydrogen-bond acceptors (Lipinski definition) is 7. The molecule has 1 aromatic heterocycles. The minimum absolute atomic E-state index is 0. The Morgan fingerprint density at radius 2 is 1.59 bits per heavy atom. The summed E-state index contributed by atoms with van der Waals surface area (Å²) in [6, 6.07) is 33.6. The van der Waals surface area contributed by atoms with Gasteiger partial charge in [-0.3, -0.25) is 14.9 Å². The van der Waals surface area contributed by atoms with Gasteiger partial charge in [0.05, 0.1) is 22.0 Å². The summed E-state index contributed by atoms with van der Waals surface area (Å²) in [4.78, 5) is 40.9. The molecule has 1 aliphatic rings. The number of hydrogen-bond donors (Lipinski definition) is 3. The van der Waals surface area contributed by atoms with E-state index in [0.29, 0.717) is 35.0 Å². The Hall–Kier alpha value is -5.81. The van der Waals surface area contributed by atoms with E-state index in [1.54, 1.807) is 0 Å². The summed E-state index contributed by atoms with van der Waals surface area (Å²) in [5.74, 6) is 2.38. The molecule has 1 unspecified atom stereocenters. The van der Waals surface area contributed by atoms with E-state index in [1.807, 2.05) is 149 Å². The Morgan fingerprint density at radius 3 is 2.35 bits per heavy atom. The Labute approximate surface area is 303 Å². The van der Waals surface area contributed by atoms with Crippen molar-refractivity contribution in [2.75, 3.05) is 10.6 Å². The summed E-state index contributed by atoms with van der Waals surface area (Å²) in [6.07, 6.45) is 0.438. The molecule has 0 spiro atoms. The van der Waals surface area contributed by atoms with E-state index in [4.69, 9.17) is 14.5 Å². The molecule has 5 aromatic carbocycles. The third kappa shape index (κ3) is 9.06. The van der Waals surface area contributed by atoms with E-state index in [1.165, 1.54) is 0 Å². The van der Waals surface area contributed by atoms with Gasteiger partial charge in [0.25, 0.3) is 5.24 Å². The standard InChI is InChI=1S/C36H29N5O5S.2C2H6.H2/c1-41-31-20-27(46-26-14-13-23-8-6-12-29(28(23)19-26)39-35(43)37-24-9-3-2-4-10-24)15-16-30(31)38-33(41)21-45-25-11-5-7-22(17-25)18-32-34(42)40-36(44)47-32;2*1-2;/h2-17,19-20,32H,18,21H2,1H3,(H2,37,39,43)(H,40,42,44);2*1-2H3;1H. The van der Waals surface area contributed by atoms with E-state index < -0.39 is 5.25 Å². The van der Waals surface area contributed by atoms with E-state index in [2.05, 4.69) is 16.0 Å². The van der Waals surface area contributed by atoms with E-state index in [9.17, 15) is 14.4 Å². The number of imidazole rings is 1. The number of rotatable bonds is 9. The van der Waals surface area contributed by atoms with Gasteiger partial charge in [-0.1, -0.05) is 88.0 Å². The molecule has 0 bridgehead atoms. The predicted molar refractivity (Wildman–Crippen MR) is 208 cm³/mol. The van der Waals surface area contributed by atoms with Gasteiger partial charge in [-0.15, -0.1) is 0 Å². The number of thioether (sulfide) groups is 1. The van der Waals surface area contributed by atoms with Gasteiger partial charge in [0, 0.05) is 25.6 Å². The zero-order valence-corrected chi connectivity index (χ0v) is 30.0. The number of benzene rings is 5. The van der Waals surface area contributed by atoms with Crippen LogP contribution in [0.2, 0.25) is 0 Å². The molecule has 10 nitrogen and oxygen atoms in total. The Kier molecular flexibility index (Phi) is 12.3. The molecule has 2 heterocycles. The second kappa shape index (κ2) is 17.2. The van der Waals surface area contributed by atoms with Gasteiger partial charge in [-0.2, -0.15) is 0 Å². The van der Waals surface area contributed by atoms with Crippen LogP contribution in [0.15, 0.2) is 109 Å². The minimum Gasteiger partial charge on any atom is -0.486 e. The summed E-state index contributed by atoms with van der Waals surface area (Å²) in [7, 11) is 1.93. The van der Waals surface area contributed by atoms with Gasteiger partial charge in [-0.05, 0) is 72.0 Å². The quantitative estimate of drug-likeness (QED) is 0.137. The number of para-hydroxylation sites is 1. The maximum absolute atomic E-state index is 12.7. The van der Waals surface area contributed by atoms with Crippen LogP contribution in [-0.4, -0.2) is 32.0 Å². The SMILES string of the molecule is CC.CC.Cn1c(COc2cccc(CC3SC(=O)NC3=O)c2)nc2ccc(Oc3ccc4cccc(NC(=O)Nc5ccccc5)c4c3)cc21.[HH]. The largest absolute Gasteiger partial charge is 0.486 e. The molecule has 51 heavy (non-hydrogen) atoms. The molecule has 0 aliphatic carbocycles. The number of aromatic nitrogens is 2. The van der Waals surface area contributed by atoms with Gasteiger partial charge in [0.2, 0.25) is 5.91 Å². The van der Waals surface area contributed by atoms with Crippen molar-refractivity contribution < 1.29 is 25.3 Å². The molecule has 4 amide bonds. The van der Waals surface area contributed by atoms with Gasteiger partial charge < -0.3 is 24.7 Å². The van der Waals surface area contributed by atoms with Crippen molar-refractivity contribution >= 4 is 62.1 Å². The highest BCUT2D eigenvalue weighted by molar-refractivity contribution is 8.15. The monoisotopic (exact) mass is 705 g/mol. The maximum atomic E-state index is 12.7. The molecule has 6 aromatic rings. The van der Waals surface area contributed by atoms with Crippen LogP contribution in [0.5, 0.6) is 17.2 Å². The average Bonchev–Trinajstić information content (AvgIpc) is 3.65. The van der Waals surface area contributed by atoms with Crippen LogP contribution in [-0.2, 0) is 24.9 Å². The molecule has 11 heteroatoms. The van der Waals surface area contributed by atoms with E-state index >= 15 is 0 Å². The van der Waals surface area contributed by atoms with Crippen LogP contribution in [0.25, 0.3) is 21.8 Å². The molecule has 3 N–H and O–H groups in total. The van der Waals surface area contributed by atoms with Crippen molar-refractivity contribution in [3.8, 4) is 17.2 Å². The lowest BCUT2D eigenvalue weighted by atomic mass is 10.1. The molecule has 0 saturated carbocycles. The van der Waals surface area contributed by atoms with Gasteiger partial charge in [0.15, 0.2) is 0 Å². The highest BCUT2D eigenvalue weighted by Crippen LogP contribution is 2.32. The Balaban J connectivity index is 0.00000117. The summed E-state index contributed by atoms with van der Waals surface area (Å²) in [5, 5.41) is 9.18. The molecule has 1 fully saturated rings. The third-order valence-corrected chi connectivity index (χ3v) is 8.75. The number of nitrogens with zero attached hydrogens (tertiary/aromatic N) is 2. The number of ether oxygens (including phenoxy) is 2. The molecular weight excluding hydrogens is 663 g/mol. The number of carbonyl (C=O) groups excluding carboxylic acids is 3. The summed E-state index contributed by atoms with van der Waals surface area (Å²) < 4.78 is 14.3. The van der Waals surface area contributed by atoms with Crippen LogP contribution in [0.4, 0.5) is 21.0 Å². The Bertz CT molecular complexity index is 2160. The fraction of sp³-hybridized carbons (Fsp3) is 0.200. The van der Waals surface area contributed by atoms with Gasteiger partial charge in [0.1, 0.15) is 29.7 Å². The van der Waals surface area contributed by atoms with Crippen LogP contribution < -0.4 is 25.4 Å². The van der Waals surface area contributed by atoms with Crippen LogP contribution in [0.3, 0.4) is 0 Å². The third-order valence-electron chi connectivity index (χ3n) is 7.77. The molecule has 1 aliphatic heterocycles. The fourth-order valence-corrected chi connectivity index (χ4v) is 6.29. The molecule has 1 saturated heterocycles. The lowest BCUT2D eigenvalue weighted by Gasteiger charge is -2.12. The number of imide groups is 1. The van der Waals surface area contributed by atoms with Crippen molar-refractivity contribution in [3.05, 3.63) is 121 Å². The maximum Gasteiger partial charge on any atom is 0.323 e. The van der Waals surface area contributed by atoms with Gasteiger partial charge >= 0.3 is 6.03 Å². The first-order chi connectivity index (χ1) is 24.9. The lowest BCUT2D eigenvalue weighted by molar-refractivity contribution is -0.118. The summed E-state index contributed by atoms with van der Waals surface area (Å²) >= 11 is 1.01. The highest BCUT2D eigenvalue weighted by atomic mass is 32.2. The fourth-order valence-electron chi connectivity index (χ4n) is 5.43. The van der Waals surface area contributed by atoms with E-state index in [0.717, 1.165) is 45.0 Å². The van der Waals surface area contributed by atoms with Crippen LogP contribution >= 0.6 is 11.8 Å². The van der Waals surface area contributed by atoms with Crippen LogP contribution in [0.1, 0.15) is 40.5 Å². The second-order valence-electron chi connectivity index (χ2n) is 11.0. The first kappa shape index (κ1) is 36.5. The number of carbonyl (C=O) groups is 3. The number of anilines is 2. The molecule has 7 rings (SSSR count). The van der Waals surface area contributed by atoms with Crippen LogP contribution in [0, 0.1) is 0 Å². The first-order valence-electron chi connectivity index (χ1n) is 16.9. The van der Waals surface area contributed by atoms with Crippen molar-refractivity contribution in [1.29, 1.82) is 0 Å². The van der Waals surface area contributed by atoms with E-state index in [-0.39, 0.29) is 25.2 Å². The topological polar surface area (TPSA) is 124 Å². The molecular formula is C40H43N5O5S. The van der Waals surface area contributed by atoms with Crippen molar-refractivity contribution in [2.24, 2.45) is 7.05 Å². The zero-order valence-electron chi connectivity index (χ0n) is 29.2. The lowest BCUT2D eigenvalue weighted by Crippen LogP contribution is -2.25. The average molecular weight is 706 g/mol. The molecule has 1 atom stereocenters. The summed E-state index contributed by atoms with van der Waals surface area (Å²) in [5.41, 5.74) is 3.95.